The van der Waals surface area contributed by atoms with Gasteiger partial charge >= 0.3 is 0 Å². The molecule has 0 bridgehead atoms. The van der Waals surface area contributed by atoms with Crippen LogP contribution in [0.25, 0.3) is 0 Å². The molecule has 0 radical (unpaired) electrons. The first-order valence-electron chi connectivity index (χ1n) is 11.5. The molecule has 0 spiro atoms. The number of rotatable bonds is 5. The Labute approximate surface area is 210 Å². The van der Waals surface area contributed by atoms with Gasteiger partial charge in [-0.2, -0.15) is 0 Å². The van der Waals surface area contributed by atoms with Crippen molar-refractivity contribution in [1.29, 1.82) is 0 Å². The van der Waals surface area contributed by atoms with E-state index in [1.807, 2.05) is 91.5 Å². The van der Waals surface area contributed by atoms with Crippen LogP contribution in [0.5, 0.6) is 5.75 Å². The first kappa shape index (κ1) is 23.0. The van der Waals surface area contributed by atoms with Crippen molar-refractivity contribution in [2.75, 3.05) is 17.7 Å². The van der Waals surface area contributed by atoms with Gasteiger partial charge in [-0.05, 0) is 65.9 Å². The fourth-order valence-electron chi connectivity index (χ4n) is 5.35. The van der Waals surface area contributed by atoms with E-state index in [-0.39, 0.29) is 5.91 Å². The van der Waals surface area contributed by atoms with Crippen molar-refractivity contribution in [2.24, 2.45) is 0 Å². The molecule has 0 aliphatic carbocycles. The summed E-state index contributed by atoms with van der Waals surface area (Å²) < 4.78 is 5.63. The summed E-state index contributed by atoms with van der Waals surface area (Å²) in [5, 5.41) is 0.638. The number of carbonyl (C=O) groups excluding carboxylic acids is 1. The lowest BCUT2D eigenvalue weighted by Crippen LogP contribution is -2.42. The lowest BCUT2D eigenvalue weighted by Gasteiger charge is -2.31. The van der Waals surface area contributed by atoms with Crippen LogP contribution in [0.2, 0.25) is 5.02 Å². The Morgan fingerprint density at radius 3 is 2.17 bits per heavy atom. The smallest absolute Gasteiger partial charge is 0.247 e. The second-order valence-corrected chi connectivity index (χ2v) is 9.42. The number of fused-ring (bicyclic) bond motifs is 1. The number of hydrogen-bond acceptors (Lipinski definition) is 3. The number of hydrogen-bond donors (Lipinski definition) is 1. The molecular weight excluding hydrogens is 456 g/mol. The lowest BCUT2D eigenvalue weighted by atomic mass is 9.69. The van der Waals surface area contributed by atoms with Crippen LogP contribution in [-0.2, 0) is 16.8 Å². The quantitative estimate of drug-likeness (QED) is 0.333. The van der Waals surface area contributed by atoms with Gasteiger partial charge < -0.3 is 15.4 Å². The highest BCUT2D eigenvalue weighted by molar-refractivity contribution is 6.31. The van der Waals surface area contributed by atoms with Crippen molar-refractivity contribution in [3.63, 3.8) is 0 Å². The molecule has 176 valence electrons. The Kier molecular flexibility index (Phi) is 5.78. The normalized spacial score (nSPS) is 16.9. The van der Waals surface area contributed by atoms with Crippen LogP contribution in [0.15, 0.2) is 84.9 Å². The van der Waals surface area contributed by atoms with Crippen LogP contribution in [0.3, 0.4) is 0 Å². The van der Waals surface area contributed by atoms with Gasteiger partial charge in [-0.3, -0.25) is 4.79 Å². The van der Waals surface area contributed by atoms with Gasteiger partial charge in [0, 0.05) is 22.0 Å². The third-order valence-electron chi connectivity index (χ3n) is 6.89. The molecule has 0 fully saturated rings. The number of carbonyl (C=O) groups is 1. The highest BCUT2D eigenvalue weighted by atomic mass is 35.5. The van der Waals surface area contributed by atoms with Crippen molar-refractivity contribution in [3.8, 4) is 5.75 Å². The maximum Gasteiger partial charge on any atom is 0.247 e. The van der Waals surface area contributed by atoms with Crippen LogP contribution < -0.4 is 15.4 Å². The molecular formula is C30H27ClN2O2. The van der Waals surface area contributed by atoms with Gasteiger partial charge in [-0.25, -0.2) is 0 Å². The summed E-state index contributed by atoms with van der Waals surface area (Å²) in [5.41, 5.74) is 12.1. The van der Waals surface area contributed by atoms with E-state index in [1.165, 1.54) is 0 Å². The Bertz CT molecular complexity index is 1410. The van der Waals surface area contributed by atoms with E-state index < -0.39 is 5.41 Å². The van der Waals surface area contributed by atoms with Crippen LogP contribution in [0.1, 0.15) is 33.4 Å². The average molecular weight is 483 g/mol. The fourth-order valence-corrected chi connectivity index (χ4v) is 5.55. The summed E-state index contributed by atoms with van der Waals surface area (Å²) in [5.74, 6) is 0.806. The van der Waals surface area contributed by atoms with Crippen molar-refractivity contribution >= 4 is 28.9 Å². The molecule has 1 aliphatic heterocycles. The number of anilines is 2. The Balaban J connectivity index is 1.80. The maximum absolute atomic E-state index is 14.7. The molecule has 1 amide bonds. The van der Waals surface area contributed by atoms with E-state index >= 15 is 0 Å². The summed E-state index contributed by atoms with van der Waals surface area (Å²) in [7, 11) is 1.67. The van der Waals surface area contributed by atoms with Crippen molar-refractivity contribution < 1.29 is 9.53 Å². The molecule has 1 aliphatic rings. The van der Waals surface area contributed by atoms with Crippen LogP contribution in [-0.4, -0.2) is 13.0 Å². The first-order valence-corrected chi connectivity index (χ1v) is 11.9. The number of ether oxygens (including phenoxy) is 1. The number of benzene rings is 4. The Morgan fingerprint density at radius 2 is 1.51 bits per heavy atom. The molecule has 5 heteroatoms. The van der Waals surface area contributed by atoms with Crippen LogP contribution in [0.4, 0.5) is 11.4 Å². The monoisotopic (exact) mass is 482 g/mol. The van der Waals surface area contributed by atoms with Crippen LogP contribution in [0, 0.1) is 13.8 Å². The van der Waals surface area contributed by atoms with Gasteiger partial charge in [0.1, 0.15) is 11.2 Å². The molecule has 2 N–H and O–H groups in total. The molecule has 0 saturated carbocycles. The zero-order valence-corrected chi connectivity index (χ0v) is 20.8. The van der Waals surface area contributed by atoms with E-state index in [2.05, 4.69) is 12.1 Å². The van der Waals surface area contributed by atoms with E-state index in [0.29, 0.717) is 17.3 Å². The largest absolute Gasteiger partial charge is 0.496 e. The van der Waals surface area contributed by atoms with Gasteiger partial charge in [-0.1, -0.05) is 72.3 Å². The fraction of sp³-hybridized carbons (Fsp3) is 0.167. The topological polar surface area (TPSA) is 55.6 Å². The standard InChI is InChI=1S/C30H27ClN2O2/c1-19-16-23(17-20(2)28(19)35-3)30(22-12-14-24(32)15-13-22)25-9-5-7-11-27(25)33(29(30)34)18-21-8-4-6-10-26(21)31/h4-17H,18,32H2,1-3H3. The zero-order valence-electron chi connectivity index (χ0n) is 20.0. The van der Waals surface area contributed by atoms with Crippen molar-refractivity contribution in [3.05, 3.63) is 123 Å². The number of methoxy groups -OCH3 is 1. The van der Waals surface area contributed by atoms with Crippen LogP contribution >= 0.6 is 11.6 Å². The minimum Gasteiger partial charge on any atom is -0.496 e. The van der Waals surface area contributed by atoms with Crippen molar-refractivity contribution in [2.45, 2.75) is 25.8 Å². The third kappa shape index (κ3) is 3.57. The highest BCUT2D eigenvalue weighted by Gasteiger charge is 2.53. The molecule has 5 rings (SSSR count). The minimum absolute atomic E-state index is 0.0210. The molecule has 4 aromatic carbocycles. The molecule has 1 heterocycles. The number of nitrogen functional groups attached to an aromatic ring is 1. The van der Waals surface area contributed by atoms with E-state index in [0.717, 1.165) is 44.8 Å². The summed E-state index contributed by atoms with van der Waals surface area (Å²) in [6, 6.07) is 27.4. The summed E-state index contributed by atoms with van der Waals surface area (Å²) in [6.07, 6.45) is 0. The summed E-state index contributed by atoms with van der Waals surface area (Å²) in [4.78, 5) is 16.5. The van der Waals surface area contributed by atoms with Crippen molar-refractivity contribution in [1.82, 2.24) is 0 Å². The van der Waals surface area contributed by atoms with E-state index in [1.54, 1.807) is 7.11 Å². The number of amides is 1. The third-order valence-corrected chi connectivity index (χ3v) is 7.26. The lowest BCUT2D eigenvalue weighted by molar-refractivity contribution is -0.120. The molecule has 4 nitrogen and oxygen atoms in total. The average Bonchev–Trinajstić information content (AvgIpc) is 3.09. The van der Waals surface area contributed by atoms with Gasteiger partial charge in [0.2, 0.25) is 5.91 Å². The second kappa shape index (κ2) is 8.79. The number of aryl methyl sites for hydroxylation is 2. The van der Waals surface area contributed by atoms with E-state index in [4.69, 9.17) is 22.1 Å². The van der Waals surface area contributed by atoms with Gasteiger partial charge in [0.05, 0.1) is 13.7 Å². The Hall–Kier alpha value is -3.76. The van der Waals surface area contributed by atoms with Gasteiger partial charge in [0.25, 0.3) is 0 Å². The number of nitrogens with zero attached hydrogens (tertiary/aromatic N) is 1. The molecule has 35 heavy (non-hydrogen) atoms. The summed E-state index contributed by atoms with van der Waals surface area (Å²) >= 11 is 6.51. The number of para-hydroxylation sites is 1. The number of halogens is 1. The van der Waals surface area contributed by atoms with E-state index in [9.17, 15) is 4.79 Å². The molecule has 0 aromatic heterocycles. The predicted octanol–water partition coefficient (Wildman–Crippen LogP) is 6.43. The molecule has 4 aromatic rings. The molecule has 0 saturated heterocycles. The zero-order chi connectivity index (χ0) is 24.7. The first-order chi connectivity index (χ1) is 16.9. The highest BCUT2D eigenvalue weighted by Crippen LogP contribution is 2.52. The maximum atomic E-state index is 14.7. The van der Waals surface area contributed by atoms with Gasteiger partial charge in [-0.15, -0.1) is 0 Å². The second-order valence-electron chi connectivity index (χ2n) is 9.02. The van der Waals surface area contributed by atoms with Gasteiger partial charge in [0.15, 0.2) is 0 Å². The Morgan fingerprint density at radius 1 is 0.886 bits per heavy atom. The minimum atomic E-state index is -1.03. The predicted molar refractivity (Wildman–Crippen MR) is 142 cm³/mol. The SMILES string of the molecule is COc1c(C)cc(C2(c3ccc(N)cc3)C(=O)N(Cc3ccccc3Cl)c3ccccc32)cc1C. The molecule has 1 unspecified atom stereocenters. The number of nitrogens with two attached hydrogens (primary N) is 1. The molecule has 1 atom stereocenters. The summed E-state index contributed by atoms with van der Waals surface area (Å²) in [6.45, 7) is 4.40.